The van der Waals surface area contributed by atoms with Crippen LogP contribution >= 0.6 is 11.3 Å². The van der Waals surface area contributed by atoms with Crippen LogP contribution < -0.4 is 10.2 Å². The minimum Gasteiger partial charge on any atom is -0.370 e. The molecule has 5 heteroatoms. The van der Waals surface area contributed by atoms with E-state index >= 15 is 0 Å². The molecule has 1 aliphatic heterocycles. The maximum atomic E-state index is 12.4. The summed E-state index contributed by atoms with van der Waals surface area (Å²) in [5.74, 6) is 0.599. The smallest absolute Gasteiger partial charge is 0.261 e. The number of pyridine rings is 1. The van der Waals surface area contributed by atoms with Gasteiger partial charge in [0.1, 0.15) is 0 Å². The molecule has 4 nitrogen and oxygen atoms in total. The Kier molecular flexibility index (Phi) is 4.65. The molecule has 0 atom stereocenters. The summed E-state index contributed by atoms with van der Waals surface area (Å²) in [6.07, 6.45) is 5.92. The maximum Gasteiger partial charge on any atom is 0.261 e. The van der Waals surface area contributed by atoms with E-state index < -0.39 is 0 Å². The van der Waals surface area contributed by atoms with E-state index in [0.717, 1.165) is 47.4 Å². The van der Waals surface area contributed by atoms with Gasteiger partial charge in [0.25, 0.3) is 5.91 Å². The van der Waals surface area contributed by atoms with Gasteiger partial charge in [-0.1, -0.05) is 18.2 Å². The minimum absolute atomic E-state index is 0.0517. The highest BCUT2D eigenvalue weighted by Gasteiger charge is 2.20. The highest BCUT2D eigenvalue weighted by atomic mass is 32.1. The fourth-order valence-electron chi connectivity index (χ4n) is 3.35. The number of piperidine rings is 1. The minimum atomic E-state index is 0.0517. The number of carbonyl (C=O) groups excluding carboxylic acids is 1. The van der Waals surface area contributed by atoms with Crippen molar-refractivity contribution in [1.82, 2.24) is 10.3 Å². The van der Waals surface area contributed by atoms with Crippen LogP contribution in [0.2, 0.25) is 0 Å². The summed E-state index contributed by atoms with van der Waals surface area (Å²) in [6, 6.07) is 14.2. The van der Waals surface area contributed by atoms with Crippen LogP contribution in [-0.4, -0.2) is 30.5 Å². The third kappa shape index (κ3) is 3.66. The van der Waals surface area contributed by atoms with Crippen molar-refractivity contribution in [3.63, 3.8) is 0 Å². The molecule has 0 spiro atoms. The number of rotatable bonds is 4. The number of anilines is 1. The molecule has 0 unspecified atom stereocenters. The van der Waals surface area contributed by atoms with Crippen molar-refractivity contribution in [3.05, 3.63) is 59.7 Å². The first-order chi connectivity index (χ1) is 12.3. The molecule has 0 bridgehead atoms. The predicted octanol–water partition coefficient (Wildman–Crippen LogP) is 3.94. The highest BCUT2D eigenvalue weighted by molar-refractivity contribution is 7.20. The first kappa shape index (κ1) is 16.1. The van der Waals surface area contributed by atoms with Gasteiger partial charge in [0.2, 0.25) is 0 Å². The van der Waals surface area contributed by atoms with Crippen molar-refractivity contribution in [2.24, 2.45) is 5.92 Å². The number of nitrogens with one attached hydrogen (secondary N) is 1. The van der Waals surface area contributed by atoms with Crippen molar-refractivity contribution in [3.8, 4) is 0 Å². The number of fused-ring (bicyclic) bond motifs is 1. The standard InChI is InChI=1S/C20H21N3OS/c24-20(19-12-16-4-1-2-6-18(16)25-19)22-13-15-7-10-23(11-8-15)17-5-3-9-21-14-17/h1-6,9,12,14-15H,7-8,10-11,13H2,(H,22,24). The van der Waals surface area contributed by atoms with Gasteiger partial charge < -0.3 is 10.2 Å². The summed E-state index contributed by atoms with van der Waals surface area (Å²) in [4.78, 5) is 19.8. The van der Waals surface area contributed by atoms with E-state index in [2.05, 4.69) is 33.4 Å². The molecule has 0 aliphatic carbocycles. The van der Waals surface area contributed by atoms with Crippen molar-refractivity contribution < 1.29 is 4.79 Å². The molecule has 1 amide bonds. The second-order valence-electron chi connectivity index (χ2n) is 6.50. The van der Waals surface area contributed by atoms with E-state index in [9.17, 15) is 4.79 Å². The topological polar surface area (TPSA) is 45.2 Å². The first-order valence-electron chi connectivity index (χ1n) is 8.71. The molecule has 1 aliphatic rings. The molecular weight excluding hydrogens is 330 g/mol. The van der Waals surface area contributed by atoms with Crippen LogP contribution in [0, 0.1) is 5.92 Å². The monoisotopic (exact) mass is 351 g/mol. The van der Waals surface area contributed by atoms with Crippen molar-refractivity contribution >= 4 is 33.0 Å². The Bertz CT molecular complexity index is 821. The zero-order chi connectivity index (χ0) is 17.1. The lowest BCUT2D eigenvalue weighted by Crippen LogP contribution is -2.38. The highest BCUT2D eigenvalue weighted by Crippen LogP contribution is 2.26. The van der Waals surface area contributed by atoms with Crippen LogP contribution in [0.15, 0.2) is 54.9 Å². The largest absolute Gasteiger partial charge is 0.370 e. The molecule has 1 saturated heterocycles. The van der Waals surface area contributed by atoms with Crippen molar-refractivity contribution in [2.75, 3.05) is 24.5 Å². The SMILES string of the molecule is O=C(NCC1CCN(c2cccnc2)CC1)c1cc2ccccc2s1. The fourth-order valence-corrected chi connectivity index (χ4v) is 4.33. The number of amides is 1. The summed E-state index contributed by atoms with van der Waals surface area (Å²) in [5, 5.41) is 4.27. The van der Waals surface area contributed by atoms with Crippen LogP contribution in [0.1, 0.15) is 22.5 Å². The molecule has 3 aromatic rings. The predicted molar refractivity (Wildman–Crippen MR) is 103 cm³/mol. The molecular formula is C20H21N3OS. The molecule has 0 saturated carbocycles. The number of carbonyl (C=O) groups is 1. The van der Waals surface area contributed by atoms with Crippen LogP contribution in [-0.2, 0) is 0 Å². The summed E-state index contributed by atoms with van der Waals surface area (Å²) < 4.78 is 1.16. The molecule has 1 aromatic carbocycles. The van der Waals surface area contributed by atoms with Crippen LogP contribution in [0.5, 0.6) is 0 Å². The normalized spacial score (nSPS) is 15.4. The second kappa shape index (κ2) is 7.23. The van der Waals surface area contributed by atoms with Crippen LogP contribution in [0.25, 0.3) is 10.1 Å². The van der Waals surface area contributed by atoms with Gasteiger partial charge in [0.15, 0.2) is 0 Å². The molecule has 128 valence electrons. The molecule has 4 rings (SSSR count). The summed E-state index contributed by atoms with van der Waals surface area (Å²) in [7, 11) is 0. The molecule has 1 N–H and O–H groups in total. The van der Waals surface area contributed by atoms with E-state index in [1.165, 1.54) is 5.69 Å². The lowest BCUT2D eigenvalue weighted by molar-refractivity contribution is 0.0949. The van der Waals surface area contributed by atoms with Gasteiger partial charge in [-0.25, -0.2) is 0 Å². The molecule has 0 radical (unpaired) electrons. The number of hydrogen-bond acceptors (Lipinski definition) is 4. The average molecular weight is 351 g/mol. The van der Waals surface area contributed by atoms with E-state index in [0.29, 0.717) is 5.92 Å². The fraction of sp³-hybridized carbons (Fsp3) is 0.300. The molecule has 2 aromatic heterocycles. The Morgan fingerprint density at radius 1 is 1.20 bits per heavy atom. The Hall–Kier alpha value is -2.40. The third-order valence-electron chi connectivity index (χ3n) is 4.83. The van der Waals surface area contributed by atoms with E-state index in [1.54, 1.807) is 17.5 Å². The Balaban J connectivity index is 1.29. The van der Waals surface area contributed by atoms with Crippen LogP contribution in [0.3, 0.4) is 0 Å². The van der Waals surface area contributed by atoms with Gasteiger partial charge in [-0.3, -0.25) is 9.78 Å². The van der Waals surface area contributed by atoms with Gasteiger partial charge in [-0.2, -0.15) is 0 Å². The number of benzene rings is 1. The number of aromatic nitrogens is 1. The zero-order valence-electron chi connectivity index (χ0n) is 14.0. The number of thiophene rings is 1. The van der Waals surface area contributed by atoms with Gasteiger partial charge in [-0.15, -0.1) is 11.3 Å². The Morgan fingerprint density at radius 3 is 2.80 bits per heavy atom. The number of hydrogen-bond donors (Lipinski definition) is 1. The lowest BCUT2D eigenvalue weighted by atomic mass is 9.96. The van der Waals surface area contributed by atoms with E-state index in [-0.39, 0.29) is 5.91 Å². The lowest BCUT2D eigenvalue weighted by Gasteiger charge is -2.33. The van der Waals surface area contributed by atoms with Gasteiger partial charge in [-0.05, 0) is 48.4 Å². The average Bonchev–Trinajstić information content (AvgIpc) is 3.11. The molecule has 25 heavy (non-hydrogen) atoms. The van der Waals surface area contributed by atoms with Gasteiger partial charge in [0.05, 0.1) is 16.8 Å². The van der Waals surface area contributed by atoms with Gasteiger partial charge in [0, 0.05) is 30.5 Å². The Labute approximate surface area is 151 Å². The number of nitrogens with zero attached hydrogens (tertiary/aromatic N) is 2. The van der Waals surface area contributed by atoms with E-state index in [1.807, 2.05) is 30.5 Å². The molecule has 1 fully saturated rings. The van der Waals surface area contributed by atoms with Crippen molar-refractivity contribution in [1.29, 1.82) is 0 Å². The first-order valence-corrected chi connectivity index (χ1v) is 9.53. The van der Waals surface area contributed by atoms with Crippen molar-refractivity contribution in [2.45, 2.75) is 12.8 Å². The Morgan fingerprint density at radius 2 is 2.04 bits per heavy atom. The quantitative estimate of drug-likeness (QED) is 0.774. The second-order valence-corrected chi connectivity index (χ2v) is 7.58. The summed E-state index contributed by atoms with van der Waals surface area (Å²) >= 11 is 1.56. The molecule has 3 heterocycles. The summed E-state index contributed by atoms with van der Waals surface area (Å²) in [5.41, 5.74) is 1.19. The van der Waals surface area contributed by atoms with Crippen LogP contribution in [0.4, 0.5) is 5.69 Å². The zero-order valence-corrected chi connectivity index (χ0v) is 14.8. The third-order valence-corrected chi connectivity index (χ3v) is 5.94. The van der Waals surface area contributed by atoms with E-state index in [4.69, 9.17) is 0 Å². The maximum absolute atomic E-state index is 12.4. The van der Waals surface area contributed by atoms with Gasteiger partial charge >= 0.3 is 0 Å². The summed E-state index contributed by atoms with van der Waals surface area (Å²) in [6.45, 7) is 2.80.